The van der Waals surface area contributed by atoms with Gasteiger partial charge in [0.05, 0.1) is 12.0 Å². The molecule has 0 fully saturated rings. The number of nitriles is 1. The molecule has 0 saturated carbocycles. The van der Waals surface area contributed by atoms with Crippen LogP contribution in [0.5, 0.6) is 0 Å². The van der Waals surface area contributed by atoms with E-state index in [9.17, 15) is 13.2 Å². The molecule has 0 aliphatic rings. The first-order chi connectivity index (χ1) is 6.89. The molecule has 2 nitrogen and oxygen atoms in total. The second-order valence-corrected chi connectivity index (χ2v) is 4.38. The molecule has 0 N–H and O–H groups in total. The third kappa shape index (κ3) is 8.58. The molecule has 0 aliphatic heterocycles. The first-order valence-corrected chi connectivity index (χ1v) is 5.70. The number of nitrogens with zero attached hydrogens (tertiary/aromatic N) is 2. The summed E-state index contributed by atoms with van der Waals surface area (Å²) in [5, 5.41) is 8.57. The Labute approximate surface area is 92.4 Å². The van der Waals surface area contributed by atoms with Gasteiger partial charge < -0.3 is 4.90 Å². The molecule has 1 atom stereocenters. The number of hydrogen-bond donors (Lipinski definition) is 0. The Kier molecular flexibility index (Phi) is 6.77. The zero-order valence-corrected chi connectivity index (χ0v) is 9.66. The lowest BCUT2D eigenvalue weighted by Crippen LogP contribution is -2.30. The largest absolute Gasteiger partial charge is 0.441 e. The number of hydrogen-bond acceptors (Lipinski definition) is 3. The molecular formula is C9H15F3N2S. The van der Waals surface area contributed by atoms with E-state index in [1.165, 1.54) is 0 Å². The van der Waals surface area contributed by atoms with Gasteiger partial charge in [-0.15, -0.1) is 0 Å². The van der Waals surface area contributed by atoms with Gasteiger partial charge in [0.1, 0.15) is 0 Å². The zero-order chi connectivity index (χ0) is 11.9. The molecule has 0 aliphatic carbocycles. The summed E-state index contributed by atoms with van der Waals surface area (Å²) in [6.07, 6.45) is 0. The fraction of sp³-hybridized carbons (Fsp3) is 0.889. The maximum Gasteiger partial charge on any atom is 0.441 e. The third-order valence-electron chi connectivity index (χ3n) is 1.87. The van der Waals surface area contributed by atoms with E-state index in [0.717, 1.165) is 0 Å². The van der Waals surface area contributed by atoms with Gasteiger partial charge in [0.25, 0.3) is 0 Å². The van der Waals surface area contributed by atoms with E-state index in [1.807, 2.05) is 11.8 Å². The normalized spacial score (nSPS) is 13.9. The number of alkyl halides is 3. The first-order valence-electron chi connectivity index (χ1n) is 4.71. The number of rotatable bonds is 6. The van der Waals surface area contributed by atoms with Crippen molar-refractivity contribution in [2.75, 3.05) is 25.4 Å². The van der Waals surface area contributed by atoms with Gasteiger partial charge in [-0.05, 0) is 25.2 Å². The van der Waals surface area contributed by atoms with E-state index in [1.54, 1.807) is 6.92 Å². The predicted octanol–water partition coefficient (Wildman–Crippen LogP) is 2.72. The molecule has 0 aromatic carbocycles. The molecule has 88 valence electrons. The van der Waals surface area contributed by atoms with Crippen LogP contribution in [0.4, 0.5) is 13.2 Å². The highest BCUT2D eigenvalue weighted by atomic mass is 32.2. The SMILES string of the molecule is CCN(CCSC(F)(F)F)CC(C)C#N. The molecular weight excluding hydrogens is 225 g/mol. The Bertz CT molecular complexity index is 212. The van der Waals surface area contributed by atoms with Crippen LogP contribution < -0.4 is 0 Å². The molecule has 0 heterocycles. The molecule has 0 radical (unpaired) electrons. The van der Waals surface area contributed by atoms with Gasteiger partial charge in [-0.3, -0.25) is 0 Å². The van der Waals surface area contributed by atoms with Crippen molar-refractivity contribution in [3.05, 3.63) is 0 Å². The molecule has 0 amide bonds. The maximum absolute atomic E-state index is 11.8. The molecule has 15 heavy (non-hydrogen) atoms. The fourth-order valence-electron chi connectivity index (χ4n) is 1.10. The van der Waals surface area contributed by atoms with E-state index in [2.05, 4.69) is 6.07 Å². The smallest absolute Gasteiger partial charge is 0.301 e. The van der Waals surface area contributed by atoms with Gasteiger partial charge in [-0.1, -0.05) is 6.92 Å². The summed E-state index contributed by atoms with van der Waals surface area (Å²) in [5.41, 5.74) is -4.15. The minimum atomic E-state index is -4.15. The van der Waals surface area contributed by atoms with Gasteiger partial charge in [-0.25, -0.2) is 0 Å². The Morgan fingerprint density at radius 1 is 1.47 bits per heavy atom. The Morgan fingerprint density at radius 3 is 2.47 bits per heavy atom. The zero-order valence-electron chi connectivity index (χ0n) is 8.84. The predicted molar refractivity (Wildman–Crippen MR) is 55.4 cm³/mol. The van der Waals surface area contributed by atoms with Gasteiger partial charge >= 0.3 is 5.51 Å². The van der Waals surface area contributed by atoms with Gasteiger partial charge in [-0.2, -0.15) is 18.4 Å². The number of halogens is 3. The second kappa shape index (κ2) is 6.96. The summed E-state index contributed by atoms with van der Waals surface area (Å²) in [4.78, 5) is 1.85. The maximum atomic E-state index is 11.8. The van der Waals surface area contributed by atoms with Crippen molar-refractivity contribution in [1.29, 1.82) is 5.26 Å². The molecule has 6 heteroatoms. The first kappa shape index (κ1) is 14.6. The van der Waals surface area contributed by atoms with Gasteiger partial charge in [0.2, 0.25) is 0 Å². The molecule has 1 unspecified atom stereocenters. The lowest BCUT2D eigenvalue weighted by atomic mass is 10.2. The van der Waals surface area contributed by atoms with E-state index in [-0.39, 0.29) is 23.4 Å². The van der Waals surface area contributed by atoms with Crippen LogP contribution in [0.15, 0.2) is 0 Å². The van der Waals surface area contributed by atoms with Crippen LogP contribution >= 0.6 is 11.8 Å². The monoisotopic (exact) mass is 240 g/mol. The van der Waals surface area contributed by atoms with Crippen molar-refractivity contribution in [3.63, 3.8) is 0 Å². The van der Waals surface area contributed by atoms with Crippen LogP contribution in [-0.2, 0) is 0 Å². The highest BCUT2D eigenvalue weighted by Gasteiger charge is 2.27. The lowest BCUT2D eigenvalue weighted by Gasteiger charge is -2.21. The van der Waals surface area contributed by atoms with Crippen LogP contribution in [0.3, 0.4) is 0 Å². The minimum Gasteiger partial charge on any atom is -0.301 e. The molecule has 0 aromatic heterocycles. The highest BCUT2D eigenvalue weighted by molar-refractivity contribution is 8.00. The summed E-state index contributed by atoms with van der Waals surface area (Å²) in [7, 11) is 0. The summed E-state index contributed by atoms with van der Waals surface area (Å²) < 4.78 is 35.5. The summed E-state index contributed by atoms with van der Waals surface area (Å²) >= 11 is -0.0126. The molecule has 0 spiro atoms. The Balaban J connectivity index is 3.77. The summed E-state index contributed by atoms with van der Waals surface area (Å²) in [5.74, 6) is -0.115. The van der Waals surface area contributed by atoms with Crippen LogP contribution in [0.2, 0.25) is 0 Å². The Hall–Kier alpha value is -0.410. The minimum absolute atomic E-state index is 0.0126. The summed E-state index contributed by atoms with van der Waals surface area (Å²) in [6, 6.07) is 2.07. The standard InChI is InChI=1S/C9H15F3N2S/c1-3-14(7-8(2)6-13)4-5-15-9(10,11)12/h8H,3-5,7H2,1-2H3. The number of thioether (sulfide) groups is 1. The quantitative estimate of drug-likeness (QED) is 0.714. The summed E-state index contributed by atoms with van der Waals surface area (Å²) in [6.45, 7) is 5.21. The van der Waals surface area contributed by atoms with Crippen LogP contribution in [0.25, 0.3) is 0 Å². The van der Waals surface area contributed by atoms with Crippen molar-refractivity contribution < 1.29 is 13.2 Å². The van der Waals surface area contributed by atoms with E-state index in [4.69, 9.17) is 5.26 Å². The van der Waals surface area contributed by atoms with Crippen LogP contribution in [0.1, 0.15) is 13.8 Å². The lowest BCUT2D eigenvalue weighted by molar-refractivity contribution is -0.0328. The van der Waals surface area contributed by atoms with Crippen molar-refractivity contribution in [2.45, 2.75) is 19.4 Å². The van der Waals surface area contributed by atoms with E-state index >= 15 is 0 Å². The van der Waals surface area contributed by atoms with Crippen molar-refractivity contribution in [1.82, 2.24) is 4.90 Å². The van der Waals surface area contributed by atoms with E-state index in [0.29, 0.717) is 19.6 Å². The molecule has 0 saturated heterocycles. The van der Waals surface area contributed by atoms with Gasteiger partial charge in [0, 0.05) is 18.8 Å². The van der Waals surface area contributed by atoms with Crippen molar-refractivity contribution in [2.24, 2.45) is 5.92 Å². The van der Waals surface area contributed by atoms with Crippen LogP contribution in [0, 0.1) is 17.2 Å². The molecule has 0 aromatic rings. The third-order valence-corrected chi connectivity index (χ3v) is 2.59. The topological polar surface area (TPSA) is 27.0 Å². The second-order valence-electron chi connectivity index (χ2n) is 3.22. The van der Waals surface area contributed by atoms with Crippen molar-refractivity contribution >= 4 is 11.8 Å². The molecule has 0 rings (SSSR count). The van der Waals surface area contributed by atoms with Crippen LogP contribution in [-0.4, -0.2) is 35.8 Å². The molecule has 0 bridgehead atoms. The average molecular weight is 240 g/mol. The highest BCUT2D eigenvalue weighted by Crippen LogP contribution is 2.29. The Morgan fingerprint density at radius 2 is 2.07 bits per heavy atom. The van der Waals surface area contributed by atoms with Gasteiger partial charge in [0.15, 0.2) is 0 Å². The average Bonchev–Trinajstić information content (AvgIpc) is 2.14. The fourth-order valence-corrected chi connectivity index (χ4v) is 1.68. The van der Waals surface area contributed by atoms with E-state index < -0.39 is 5.51 Å². The van der Waals surface area contributed by atoms with Crippen molar-refractivity contribution in [3.8, 4) is 6.07 Å².